The van der Waals surface area contributed by atoms with Crippen molar-refractivity contribution in [1.82, 2.24) is 0 Å². The molecule has 4 aromatic carbocycles. The Morgan fingerprint density at radius 3 is 2.22 bits per heavy atom. The number of anilines is 4. The van der Waals surface area contributed by atoms with Gasteiger partial charge in [0.2, 0.25) is 0 Å². The molecule has 37 heavy (non-hydrogen) atoms. The third kappa shape index (κ3) is 6.20. The van der Waals surface area contributed by atoms with Crippen LogP contribution >= 0.6 is 0 Å². The first-order valence-electron chi connectivity index (χ1n) is 12.5. The highest BCUT2D eigenvalue weighted by Crippen LogP contribution is 2.33. The molecule has 0 aromatic heterocycles. The van der Waals surface area contributed by atoms with Gasteiger partial charge in [0.1, 0.15) is 17.0 Å². The van der Waals surface area contributed by atoms with Crippen molar-refractivity contribution in [2.75, 3.05) is 23.9 Å². The molecule has 0 bridgehead atoms. The van der Waals surface area contributed by atoms with Crippen LogP contribution in [0.2, 0.25) is 0 Å². The van der Waals surface area contributed by atoms with Crippen molar-refractivity contribution in [2.45, 2.75) is 45.6 Å². The van der Waals surface area contributed by atoms with E-state index >= 15 is 0 Å². The molecule has 0 aliphatic rings. The number of nitrogens with zero attached hydrogens (tertiary/aromatic N) is 1. The summed E-state index contributed by atoms with van der Waals surface area (Å²) in [5.41, 5.74) is 2.47. The molecule has 0 saturated carbocycles. The second kappa shape index (κ2) is 10.9. The number of hydrogen-bond acceptors (Lipinski definition) is 6. The van der Waals surface area contributed by atoms with Crippen LogP contribution in [0.4, 0.5) is 22.7 Å². The van der Waals surface area contributed by atoms with Crippen LogP contribution in [-0.2, 0) is 0 Å². The van der Waals surface area contributed by atoms with Gasteiger partial charge in [0.25, 0.3) is 10.9 Å². The largest absolute Gasteiger partial charge is 0.497 e. The molecule has 1 atom stereocenters. The summed E-state index contributed by atoms with van der Waals surface area (Å²) >= 11 is 0. The van der Waals surface area contributed by atoms with Crippen molar-refractivity contribution in [1.29, 1.82) is 0 Å². The van der Waals surface area contributed by atoms with Crippen molar-refractivity contribution >= 4 is 22.7 Å². The van der Waals surface area contributed by atoms with Crippen molar-refractivity contribution in [3.05, 3.63) is 105 Å². The Morgan fingerprint density at radius 1 is 0.865 bits per heavy atom. The lowest BCUT2D eigenvalue weighted by molar-refractivity contribution is 0.128. The fourth-order valence-corrected chi connectivity index (χ4v) is 4.22. The molecule has 1 N–H and O–H groups in total. The first kappa shape index (κ1) is 26.0. The third-order valence-electron chi connectivity index (χ3n) is 6.24. The second-order valence-electron chi connectivity index (χ2n) is 10.2. The molecule has 0 aliphatic carbocycles. The van der Waals surface area contributed by atoms with Gasteiger partial charge in [0.05, 0.1) is 7.11 Å². The van der Waals surface area contributed by atoms with Gasteiger partial charge in [0.15, 0.2) is 5.75 Å². The number of nitrogens with one attached hydrogen (secondary N) is 1. The van der Waals surface area contributed by atoms with Crippen molar-refractivity contribution in [2.24, 2.45) is 0 Å². The van der Waals surface area contributed by atoms with Gasteiger partial charge >= 0.3 is 0 Å². The quantitative estimate of drug-likeness (QED) is 0.250. The van der Waals surface area contributed by atoms with E-state index in [0.717, 1.165) is 30.1 Å². The highest BCUT2D eigenvalue weighted by molar-refractivity contribution is 5.74. The van der Waals surface area contributed by atoms with Gasteiger partial charge in [0, 0.05) is 23.6 Å². The van der Waals surface area contributed by atoms with Crippen molar-refractivity contribution in [3.8, 4) is 11.5 Å². The van der Waals surface area contributed by atoms with E-state index in [9.17, 15) is 9.59 Å². The Bertz CT molecular complexity index is 1400. The summed E-state index contributed by atoms with van der Waals surface area (Å²) < 4.78 is 11.1. The van der Waals surface area contributed by atoms with E-state index in [-0.39, 0.29) is 11.4 Å². The molecule has 0 saturated heterocycles. The van der Waals surface area contributed by atoms with Gasteiger partial charge in [-0.1, -0.05) is 43.3 Å². The number of hydrogen-bond donors (Lipinski definition) is 1. The second-order valence-corrected chi connectivity index (χ2v) is 10.2. The molecule has 192 valence electrons. The Morgan fingerprint density at radius 2 is 1.57 bits per heavy atom. The summed E-state index contributed by atoms with van der Waals surface area (Å²) in [7, 11) is 1.66. The molecule has 4 aromatic rings. The fourth-order valence-electron chi connectivity index (χ4n) is 4.22. The monoisotopic (exact) mass is 498 g/mol. The summed E-state index contributed by atoms with van der Waals surface area (Å²) in [5, 5.41) is 3.12. The average Bonchev–Trinajstić information content (AvgIpc) is 2.91. The van der Waals surface area contributed by atoms with Gasteiger partial charge in [-0.2, -0.15) is 0 Å². The zero-order valence-electron chi connectivity index (χ0n) is 22.1. The lowest BCUT2D eigenvalue weighted by Gasteiger charge is -2.28. The Kier molecular flexibility index (Phi) is 7.67. The zero-order valence-corrected chi connectivity index (χ0v) is 22.1. The van der Waals surface area contributed by atoms with E-state index in [1.54, 1.807) is 7.11 Å². The number of benzene rings is 3. The Labute approximate surface area is 218 Å². The van der Waals surface area contributed by atoms with Crippen LogP contribution in [0.5, 0.6) is 11.5 Å². The summed E-state index contributed by atoms with van der Waals surface area (Å²) in [5.74, 6) is 1.26. The first-order valence-corrected chi connectivity index (χ1v) is 12.5. The molecule has 0 spiro atoms. The molecule has 0 radical (unpaired) electrons. The molecule has 0 aliphatic heterocycles. The van der Waals surface area contributed by atoms with Crippen LogP contribution in [0.15, 0.2) is 88.5 Å². The van der Waals surface area contributed by atoms with Crippen molar-refractivity contribution < 1.29 is 9.47 Å². The molecule has 6 nitrogen and oxygen atoms in total. The van der Waals surface area contributed by atoms with Gasteiger partial charge in [-0.15, -0.1) is 0 Å². The van der Waals surface area contributed by atoms with Gasteiger partial charge in [-0.25, -0.2) is 0 Å². The third-order valence-corrected chi connectivity index (χ3v) is 6.24. The predicted octanol–water partition coefficient (Wildman–Crippen LogP) is 6.54. The van der Waals surface area contributed by atoms with E-state index in [1.165, 1.54) is 5.56 Å². The number of methoxy groups -OCH3 is 1. The Balaban J connectivity index is 1.61. The van der Waals surface area contributed by atoms with E-state index in [0.29, 0.717) is 11.6 Å². The summed E-state index contributed by atoms with van der Waals surface area (Å²) in [4.78, 5) is 26.7. The smallest absolute Gasteiger partial charge is 0.272 e. The zero-order chi connectivity index (χ0) is 26.6. The number of ether oxygens (including phenoxy) is 2. The highest BCUT2D eigenvalue weighted by Gasteiger charge is 2.27. The molecule has 4 rings (SSSR count). The maximum absolute atomic E-state index is 12.3. The molecule has 0 heterocycles. The minimum absolute atomic E-state index is 0.0894. The van der Waals surface area contributed by atoms with Gasteiger partial charge in [-0.05, 0) is 81.1 Å². The molecular weight excluding hydrogens is 464 g/mol. The summed E-state index contributed by atoms with van der Waals surface area (Å²) in [6, 6.07) is 26.3. The minimum atomic E-state index is -0.594. The van der Waals surface area contributed by atoms with Gasteiger partial charge in [-0.3, -0.25) is 9.59 Å². The Hall–Kier alpha value is -4.06. The van der Waals surface area contributed by atoms with E-state index in [4.69, 9.17) is 9.47 Å². The lowest BCUT2D eigenvalue weighted by Crippen LogP contribution is -2.39. The average molecular weight is 499 g/mol. The van der Waals surface area contributed by atoms with E-state index in [2.05, 4.69) is 41.4 Å². The van der Waals surface area contributed by atoms with Crippen LogP contribution in [-0.4, -0.2) is 19.3 Å². The van der Waals surface area contributed by atoms with E-state index in [1.807, 2.05) is 75.4 Å². The summed E-state index contributed by atoms with van der Waals surface area (Å²) in [6.45, 7) is 8.55. The van der Waals surface area contributed by atoms with Crippen LogP contribution in [0, 0.1) is 0 Å². The lowest BCUT2D eigenvalue weighted by atomic mass is 9.97. The topological polar surface area (TPSA) is 67.9 Å². The molecule has 0 fully saturated rings. The van der Waals surface area contributed by atoms with Crippen LogP contribution in [0.3, 0.4) is 0 Å². The standard InChI is InChI=1S/C31H34N2O4/c1-21(22-10-7-6-8-11-22)18-19-33(24-14-16-26(36-5)17-15-24)25-13-9-12-23(20-25)32-27-28(34)29(35)30(27)37-31(2,3)4/h6-17,20-21,32H,18-19H2,1-5H3. The maximum Gasteiger partial charge on any atom is 0.272 e. The van der Waals surface area contributed by atoms with E-state index < -0.39 is 16.5 Å². The van der Waals surface area contributed by atoms with Crippen LogP contribution < -0.4 is 30.5 Å². The number of rotatable bonds is 10. The summed E-state index contributed by atoms with van der Waals surface area (Å²) in [6.07, 6.45) is 0.940. The molecular formula is C31H34N2O4. The molecule has 6 heteroatoms. The van der Waals surface area contributed by atoms with Crippen molar-refractivity contribution in [3.63, 3.8) is 0 Å². The van der Waals surface area contributed by atoms with Crippen LogP contribution in [0.1, 0.15) is 45.6 Å². The molecule has 0 amide bonds. The minimum Gasteiger partial charge on any atom is -0.497 e. The maximum atomic E-state index is 12.3. The van der Waals surface area contributed by atoms with Crippen LogP contribution in [0.25, 0.3) is 0 Å². The first-order chi connectivity index (χ1) is 17.7. The predicted molar refractivity (Wildman–Crippen MR) is 151 cm³/mol. The fraction of sp³-hybridized carbons (Fsp3) is 0.290. The highest BCUT2D eigenvalue weighted by atomic mass is 16.5. The normalized spacial score (nSPS) is 12.2. The van der Waals surface area contributed by atoms with Gasteiger partial charge < -0.3 is 19.7 Å². The molecule has 1 unspecified atom stereocenters. The SMILES string of the molecule is COc1ccc(N(CCC(C)c2ccccc2)c2cccc(Nc3c(OC(C)(C)C)c(=O)c3=O)c2)cc1.